The first-order valence-electron chi connectivity index (χ1n) is 6.84. The van der Waals surface area contributed by atoms with E-state index in [2.05, 4.69) is 35.8 Å². The molecule has 0 aromatic carbocycles. The fourth-order valence-electron chi connectivity index (χ4n) is 2.91. The molecule has 0 amide bonds. The molecule has 1 N–H and O–H groups in total. The topological polar surface area (TPSA) is 15.3 Å². The van der Waals surface area contributed by atoms with Crippen molar-refractivity contribution >= 4 is 11.8 Å². The predicted molar refractivity (Wildman–Crippen MR) is 73.2 cm³/mol. The van der Waals surface area contributed by atoms with Crippen LogP contribution in [0.15, 0.2) is 0 Å². The number of thioether (sulfide) groups is 1. The van der Waals surface area contributed by atoms with Crippen LogP contribution in [0.3, 0.4) is 0 Å². The van der Waals surface area contributed by atoms with Gasteiger partial charge in [-0.3, -0.25) is 0 Å². The summed E-state index contributed by atoms with van der Waals surface area (Å²) >= 11 is 2.19. The zero-order valence-electron chi connectivity index (χ0n) is 10.7. The zero-order valence-corrected chi connectivity index (χ0v) is 11.6. The van der Waals surface area contributed by atoms with E-state index in [1.54, 1.807) is 0 Å². The average Bonchev–Trinajstić information content (AvgIpc) is 2.70. The highest BCUT2D eigenvalue weighted by molar-refractivity contribution is 8.00. The highest BCUT2D eigenvalue weighted by Crippen LogP contribution is 2.27. The van der Waals surface area contributed by atoms with Crippen molar-refractivity contribution in [2.45, 2.75) is 56.9 Å². The number of rotatable bonds is 4. The fourth-order valence-corrected chi connectivity index (χ4v) is 4.22. The van der Waals surface area contributed by atoms with Crippen molar-refractivity contribution in [3.05, 3.63) is 0 Å². The number of hydrogen-bond acceptors (Lipinski definition) is 3. The Balaban J connectivity index is 1.72. The van der Waals surface area contributed by atoms with Gasteiger partial charge in [-0.05, 0) is 38.0 Å². The van der Waals surface area contributed by atoms with Gasteiger partial charge in [-0.1, -0.05) is 13.8 Å². The molecule has 16 heavy (non-hydrogen) atoms. The van der Waals surface area contributed by atoms with Gasteiger partial charge in [-0.2, -0.15) is 11.8 Å². The van der Waals surface area contributed by atoms with Crippen LogP contribution in [0.5, 0.6) is 0 Å². The highest BCUT2D eigenvalue weighted by Gasteiger charge is 2.24. The Morgan fingerprint density at radius 2 is 2.19 bits per heavy atom. The lowest BCUT2D eigenvalue weighted by Crippen LogP contribution is -2.49. The van der Waals surface area contributed by atoms with E-state index in [1.165, 1.54) is 51.1 Å². The van der Waals surface area contributed by atoms with Crippen LogP contribution in [-0.2, 0) is 0 Å². The molecule has 3 heteroatoms. The van der Waals surface area contributed by atoms with Gasteiger partial charge in [0, 0.05) is 30.4 Å². The Labute approximate surface area is 105 Å². The van der Waals surface area contributed by atoms with Crippen LogP contribution in [0.25, 0.3) is 0 Å². The molecule has 2 aliphatic rings. The van der Waals surface area contributed by atoms with Crippen LogP contribution < -0.4 is 5.32 Å². The molecule has 2 atom stereocenters. The molecular weight excluding hydrogens is 216 g/mol. The molecule has 0 aromatic rings. The summed E-state index contributed by atoms with van der Waals surface area (Å²) in [5, 5.41) is 4.62. The second-order valence-corrected chi connectivity index (χ2v) is 6.96. The molecule has 2 aliphatic heterocycles. The van der Waals surface area contributed by atoms with Gasteiger partial charge >= 0.3 is 0 Å². The second-order valence-electron chi connectivity index (χ2n) is 5.56. The quantitative estimate of drug-likeness (QED) is 0.814. The molecule has 2 rings (SSSR count). The summed E-state index contributed by atoms with van der Waals surface area (Å²) in [5.74, 6) is 1.40. The zero-order chi connectivity index (χ0) is 11.4. The smallest absolute Gasteiger partial charge is 0.0197 e. The Bertz CT molecular complexity index is 202. The SMILES string of the molecule is CC(C)NC1CCCN(CC2CCCS2)C1. The van der Waals surface area contributed by atoms with Gasteiger partial charge in [0.15, 0.2) is 0 Å². The lowest BCUT2D eigenvalue weighted by molar-refractivity contribution is 0.185. The van der Waals surface area contributed by atoms with E-state index >= 15 is 0 Å². The first kappa shape index (κ1) is 12.7. The molecule has 0 aromatic heterocycles. The van der Waals surface area contributed by atoms with E-state index in [4.69, 9.17) is 0 Å². The van der Waals surface area contributed by atoms with E-state index in [0.29, 0.717) is 6.04 Å². The minimum atomic E-state index is 0.630. The van der Waals surface area contributed by atoms with E-state index in [-0.39, 0.29) is 0 Å². The molecule has 0 bridgehead atoms. The number of likely N-dealkylation sites (tertiary alicyclic amines) is 1. The van der Waals surface area contributed by atoms with Crippen molar-refractivity contribution in [2.75, 3.05) is 25.4 Å². The van der Waals surface area contributed by atoms with Crippen molar-refractivity contribution in [3.63, 3.8) is 0 Å². The summed E-state index contributed by atoms with van der Waals surface area (Å²) in [6, 6.07) is 1.37. The average molecular weight is 242 g/mol. The molecule has 2 unspecified atom stereocenters. The maximum Gasteiger partial charge on any atom is 0.0197 e. The van der Waals surface area contributed by atoms with E-state index in [0.717, 1.165) is 11.3 Å². The Morgan fingerprint density at radius 1 is 1.31 bits per heavy atom. The third kappa shape index (κ3) is 3.94. The lowest BCUT2D eigenvalue weighted by Gasteiger charge is -2.35. The third-order valence-electron chi connectivity index (χ3n) is 3.56. The third-order valence-corrected chi connectivity index (χ3v) is 4.94. The number of piperidine rings is 1. The largest absolute Gasteiger partial charge is 0.311 e. The molecular formula is C13H26N2S. The summed E-state index contributed by atoms with van der Waals surface area (Å²) in [6.07, 6.45) is 5.63. The predicted octanol–water partition coefficient (Wildman–Crippen LogP) is 2.34. The van der Waals surface area contributed by atoms with Crippen LogP contribution in [-0.4, -0.2) is 47.6 Å². The van der Waals surface area contributed by atoms with E-state index in [1.807, 2.05) is 0 Å². The maximum absolute atomic E-state index is 3.69. The highest BCUT2D eigenvalue weighted by atomic mass is 32.2. The lowest BCUT2D eigenvalue weighted by atomic mass is 10.0. The number of nitrogens with zero attached hydrogens (tertiary/aromatic N) is 1. The van der Waals surface area contributed by atoms with Gasteiger partial charge in [-0.15, -0.1) is 0 Å². The van der Waals surface area contributed by atoms with Crippen LogP contribution in [0, 0.1) is 0 Å². The van der Waals surface area contributed by atoms with Gasteiger partial charge in [0.1, 0.15) is 0 Å². The Kier molecular flexibility index (Phi) is 4.98. The number of hydrogen-bond donors (Lipinski definition) is 1. The van der Waals surface area contributed by atoms with E-state index in [9.17, 15) is 0 Å². The normalized spacial score (nSPS) is 32.4. The van der Waals surface area contributed by atoms with Crippen LogP contribution in [0.1, 0.15) is 39.5 Å². The van der Waals surface area contributed by atoms with Crippen LogP contribution in [0.4, 0.5) is 0 Å². The summed E-state index contributed by atoms with van der Waals surface area (Å²) in [6.45, 7) is 8.45. The summed E-state index contributed by atoms with van der Waals surface area (Å²) < 4.78 is 0. The summed E-state index contributed by atoms with van der Waals surface area (Å²) in [5.41, 5.74) is 0. The monoisotopic (exact) mass is 242 g/mol. The van der Waals surface area contributed by atoms with Gasteiger partial charge in [0.05, 0.1) is 0 Å². The minimum absolute atomic E-state index is 0.630. The molecule has 2 nitrogen and oxygen atoms in total. The van der Waals surface area contributed by atoms with Crippen molar-refractivity contribution in [2.24, 2.45) is 0 Å². The molecule has 0 saturated carbocycles. The first-order valence-corrected chi connectivity index (χ1v) is 7.89. The second kappa shape index (κ2) is 6.27. The number of nitrogens with one attached hydrogen (secondary N) is 1. The summed E-state index contributed by atoms with van der Waals surface area (Å²) in [7, 11) is 0. The fraction of sp³-hybridized carbons (Fsp3) is 1.00. The molecule has 2 fully saturated rings. The van der Waals surface area contributed by atoms with Crippen LogP contribution in [0.2, 0.25) is 0 Å². The minimum Gasteiger partial charge on any atom is -0.311 e. The molecule has 0 spiro atoms. The maximum atomic E-state index is 3.69. The standard InChI is InChI=1S/C13H26N2S/c1-11(2)14-12-5-3-7-15(9-12)10-13-6-4-8-16-13/h11-14H,3-10H2,1-2H3. The molecule has 0 aliphatic carbocycles. The van der Waals surface area contributed by atoms with Crippen molar-refractivity contribution in [1.82, 2.24) is 10.2 Å². The Hall–Kier alpha value is 0.270. The summed E-state index contributed by atoms with van der Waals surface area (Å²) in [4.78, 5) is 2.69. The van der Waals surface area contributed by atoms with Gasteiger partial charge in [-0.25, -0.2) is 0 Å². The molecule has 2 heterocycles. The van der Waals surface area contributed by atoms with Gasteiger partial charge in [0.2, 0.25) is 0 Å². The van der Waals surface area contributed by atoms with Crippen molar-refractivity contribution in [1.29, 1.82) is 0 Å². The molecule has 94 valence electrons. The Morgan fingerprint density at radius 3 is 2.88 bits per heavy atom. The van der Waals surface area contributed by atoms with Crippen molar-refractivity contribution < 1.29 is 0 Å². The molecule has 0 radical (unpaired) electrons. The first-order chi connectivity index (χ1) is 7.74. The molecule has 2 saturated heterocycles. The van der Waals surface area contributed by atoms with Gasteiger partial charge in [0.25, 0.3) is 0 Å². The van der Waals surface area contributed by atoms with Crippen molar-refractivity contribution in [3.8, 4) is 0 Å². The van der Waals surface area contributed by atoms with Gasteiger partial charge < -0.3 is 10.2 Å². The van der Waals surface area contributed by atoms with Crippen LogP contribution >= 0.6 is 11.8 Å². The van der Waals surface area contributed by atoms with E-state index < -0.39 is 0 Å².